The standard InChI is InChI=1S/C16H15N3O3/c1-4-15(21)19(2)16-14(22-3)9-13(17-18-16)12-7-5-11(10-20)6-8-12/h4-10H,1H2,2-3H3. The van der Waals surface area contributed by atoms with Gasteiger partial charge < -0.3 is 4.74 Å². The van der Waals surface area contributed by atoms with Gasteiger partial charge in [0.25, 0.3) is 5.91 Å². The summed E-state index contributed by atoms with van der Waals surface area (Å²) >= 11 is 0. The average Bonchev–Trinajstić information content (AvgIpc) is 2.59. The largest absolute Gasteiger partial charge is 0.493 e. The summed E-state index contributed by atoms with van der Waals surface area (Å²) in [6.45, 7) is 3.44. The second-order valence-corrected chi connectivity index (χ2v) is 4.46. The third-order valence-corrected chi connectivity index (χ3v) is 3.13. The Hall–Kier alpha value is -3.02. The van der Waals surface area contributed by atoms with E-state index < -0.39 is 0 Å². The van der Waals surface area contributed by atoms with E-state index in [1.54, 1.807) is 37.4 Å². The van der Waals surface area contributed by atoms with Gasteiger partial charge in [0.05, 0.1) is 12.8 Å². The number of nitrogens with zero attached hydrogens (tertiary/aromatic N) is 3. The molecule has 22 heavy (non-hydrogen) atoms. The van der Waals surface area contributed by atoms with Crippen LogP contribution in [-0.2, 0) is 4.79 Å². The Balaban J connectivity index is 2.41. The molecule has 0 aliphatic heterocycles. The molecule has 0 bridgehead atoms. The summed E-state index contributed by atoms with van der Waals surface area (Å²) in [5.41, 5.74) is 1.95. The van der Waals surface area contributed by atoms with E-state index in [9.17, 15) is 9.59 Å². The zero-order valence-electron chi connectivity index (χ0n) is 12.3. The van der Waals surface area contributed by atoms with Crippen molar-refractivity contribution in [2.24, 2.45) is 0 Å². The van der Waals surface area contributed by atoms with Crippen molar-refractivity contribution in [2.45, 2.75) is 0 Å². The number of hydrogen-bond donors (Lipinski definition) is 0. The van der Waals surface area contributed by atoms with Crippen molar-refractivity contribution in [2.75, 3.05) is 19.1 Å². The molecule has 1 amide bonds. The van der Waals surface area contributed by atoms with Crippen LogP contribution in [0, 0.1) is 0 Å². The number of rotatable bonds is 5. The van der Waals surface area contributed by atoms with E-state index in [2.05, 4.69) is 16.8 Å². The van der Waals surface area contributed by atoms with Crippen LogP contribution in [0.3, 0.4) is 0 Å². The zero-order valence-corrected chi connectivity index (χ0v) is 12.3. The highest BCUT2D eigenvalue weighted by Gasteiger charge is 2.16. The van der Waals surface area contributed by atoms with Gasteiger partial charge in [-0.15, -0.1) is 10.2 Å². The Labute approximate surface area is 128 Å². The smallest absolute Gasteiger partial charge is 0.251 e. The van der Waals surface area contributed by atoms with E-state index in [-0.39, 0.29) is 5.91 Å². The maximum Gasteiger partial charge on any atom is 0.251 e. The molecule has 2 aromatic rings. The van der Waals surface area contributed by atoms with Crippen molar-refractivity contribution in [1.29, 1.82) is 0 Å². The average molecular weight is 297 g/mol. The molecule has 0 aliphatic rings. The molecule has 0 saturated heterocycles. The fourth-order valence-electron chi connectivity index (χ4n) is 1.87. The molecular formula is C16H15N3O3. The van der Waals surface area contributed by atoms with Crippen LogP contribution in [-0.4, -0.2) is 36.5 Å². The molecule has 1 heterocycles. The molecule has 112 valence electrons. The van der Waals surface area contributed by atoms with Crippen LogP contribution < -0.4 is 9.64 Å². The zero-order chi connectivity index (χ0) is 16.1. The van der Waals surface area contributed by atoms with Crippen molar-refractivity contribution in [3.63, 3.8) is 0 Å². The molecule has 1 aromatic heterocycles. The lowest BCUT2D eigenvalue weighted by Gasteiger charge is -2.16. The van der Waals surface area contributed by atoms with Crippen molar-refractivity contribution in [1.82, 2.24) is 10.2 Å². The minimum atomic E-state index is -0.310. The molecule has 0 spiro atoms. The van der Waals surface area contributed by atoms with Gasteiger partial charge in [0, 0.05) is 24.2 Å². The summed E-state index contributed by atoms with van der Waals surface area (Å²) in [7, 11) is 3.06. The quantitative estimate of drug-likeness (QED) is 0.624. The van der Waals surface area contributed by atoms with Gasteiger partial charge in [-0.25, -0.2) is 0 Å². The predicted octanol–water partition coefficient (Wildman–Crippen LogP) is 2.11. The first kappa shape index (κ1) is 15.4. The lowest BCUT2D eigenvalue weighted by molar-refractivity contribution is -0.113. The maximum absolute atomic E-state index is 11.7. The molecular weight excluding hydrogens is 282 g/mol. The first-order valence-corrected chi connectivity index (χ1v) is 6.48. The number of amides is 1. The monoisotopic (exact) mass is 297 g/mol. The van der Waals surface area contributed by atoms with Crippen LogP contribution in [0.1, 0.15) is 10.4 Å². The molecule has 0 aliphatic carbocycles. The Bertz CT molecular complexity index is 711. The number of anilines is 1. The van der Waals surface area contributed by atoms with Crippen LogP contribution in [0.15, 0.2) is 43.0 Å². The molecule has 0 saturated carbocycles. The minimum Gasteiger partial charge on any atom is -0.493 e. The fraction of sp³-hybridized carbons (Fsp3) is 0.125. The number of likely N-dealkylation sites (N-methyl/N-ethyl adjacent to an activating group) is 1. The van der Waals surface area contributed by atoms with E-state index in [1.807, 2.05) is 0 Å². The second kappa shape index (κ2) is 6.62. The summed E-state index contributed by atoms with van der Waals surface area (Å²) in [6, 6.07) is 8.61. The molecule has 0 unspecified atom stereocenters. The first-order valence-electron chi connectivity index (χ1n) is 6.48. The van der Waals surface area contributed by atoms with Crippen molar-refractivity contribution in [3.05, 3.63) is 48.6 Å². The normalized spacial score (nSPS) is 9.91. The van der Waals surface area contributed by atoms with Crippen molar-refractivity contribution in [3.8, 4) is 17.0 Å². The van der Waals surface area contributed by atoms with E-state index in [0.29, 0.717) is 22.8 Å². The van der Waals surface area contributed by atoms with Crippen molar-refractivity contribution >= 4 is 18.0 Å². The van der Waals surface area contributed by atoms with Crippen LogP contribution in [0.5, 0.6) is 5.75 Å². The van der Waals surface area contributed by atoms with E-state index >= 15 is 0 Å². The molecule has 1 aromatic carbocycles. The number of carbonyl (C=O) groups excluding carboxylic acids is 2. The van der Waals surface area contributed by atoms with Crippen molar-refractivity contribution < 1.29 is 14.3 Å². The summed E-state index contributed by atoms with van der Waals surface area (Å²) in [5, 5.41) is 8.15. The number of benzene rings is 1. The number of carbonyl (C=O) groups is 2. The minimum absolute atomic E-state index is 0.306. The molecule has 6 nitrogen and oxygen atoms in total. The number of methoxy groups -OCH3 is 1. The summed E-state index contributed by atoms with van der Waals surface area (Å²) < 4.78 is 5.28. The van der Waals surface area contributed by atoms with Gasteiger partial charge in [-0.05, 0) is 6.08 Å². The molecule has 0 atom stereocenters. The van der Waals surface area contributed by atoms with E-state index in [0.717, 1.165) is 11.8 Å². The molecule has 6 heteroatoms. The van der Waals surface area contributed by atoms with E-state index in [4.69, 9.17) is 4.74 Å². The second-order valence-electron chi connectivity index (χ2n) is 4.46. The Kier molecular flexibility index (Phi) is 4.63. The SMILES string of the molecule is C=CC(=O)N(C)c1nnc(-c2ccc(C=O)cc2)cc1OC. The van der Waals surface area contributed by atoms with E-state index in [1.165, 1.54) is 18.1 Å². The van der Waals surface area contributed by atoms with Gasteiger partial charge in [-0.1, -0.05) is 30.8 Å². The van der Waals surface area contributed by atoms with Crippen LogP contribution in [0.25, 0.3) is 11.3 Å². The Morgan fingerprint density at radius 3 is 2.50 bits per heavy atom. The lowest BCUT2D eigenvalue weighted by Crippen LogP contribution is -2.25. The van der Waals surface area contributed by atoms with Gasteiger partial charge in [0.15, 0.2) is 11.6 Å². The number of hydrogen-bond acceptors (Lipinski definition) is 5. The van der Waals surface area contributed by atoms with Gasteiger partial charge in [-0.2, -0.15) is 0 Å². The topological polar surface area (TPSA) is 72.4 Å². The highest BCUT2D eigenvalue weighted by atomic mass is 16.5. The van der Waals surface area contributed by atoms with Gasteiger partial charge in [0.1, 0.15) is 6.29 Å². The first-order chi connectivity index (χ1) is 10.6. The molecule has 2 rings (SSSR count). The molecule has 0 N–H and O–H groups in total. The maximum atomic E-state index is 11.7. The highest BCUT2D eigenvalue weighted by molar-refractivity contribution is 6.00. The van der Waals surface area contributed by atoms with Crippen LogP contribution >= 0.6 is 0 Å². The highest BCUT2D eigenvalue weighted by Crippen LogP contribution is 2.28. The number of aromatic nitrogens is 2. The summed E-state index contributed by atoms with van der Waals surface area (Å²) in [4.78, 5) is 23.6. The lowest BCUT2D eigenvalue weighted by atomic mass is 10.1. The third kappa shape index (κ3) is 3.01. The van der Waals surface area contributed by atoms with Crippen LogP contribution in [0.4, 0.5) is 5.82 Å². The summed E-state index contributed by atoms with van der Waals surface area (Å²) in [6.07, 6.45) is 1.96. The number of ether oxygens (including phenoxy) is 1. The van der Waals surface area contributed by atoms with Crippen LogP contribution in [0.2, 0.25) is 0 Å². The Morgan fingerprint density at radius 2 is 1.95 bits per heavy atom. The van der Waals surface area contributed by atoms with Gasteiger partial charge >= 0.3 is 0 Å². The number of aldehydes is 1. The van der Waals surface area contributed by atoms with Gasteiger partial charge in [-0.3, -0.25) is 14.5 Å². The summed E-state index contributed by atoms with van der Waals surface area (Å²) in [5.74, 6) is 0.415. The predicted molar refractivity (Wildman–Crippen MR) is 83.0 cm³/mol. The third-order valence-electron chi connectivity index (χ3n) is 3.13. The molecule has 0 fully saturated rings. The Morgan fingerprint density at radius 1 is 1.27 bits per heavy atom. The molecule has 0 radical (unpaired) electrons. The fourth-order valence-corrected chi connectivity index (χ4v) is 1.87. The van der Waals surface area contributed by atoms with Gasteiger partial charge in [0.2, 0.25) is 0 Å².